The molecule has 0 amide bonds. The molecule has 0 saturated heterocycles. The van der Waals surface area contributed by atoms with Crippen LogP contribution in [0.25, 0.3) is 0 Å². The van der Waals surface area contributed by atoms with Crippen molar-refractivity contribution < 1.29 is 4.74 Å². The maximum atomic E-state index is 6.02. The normalized spacial score (nSPS) is 13.7. The topological polar surface area (TPSA) is 59.6 Å². The van der Waals surface area contributed by atoms with E-state index in [1.807, 2.05) is 6.07 Å². The van der Waals surface area contributed by atoms with E-state index in [1.54, 1.807) is 7.11 Å². The van der Waals surface area contributed by atoms with Crippen LogP contribution in [-0.2, 0) is 19.3 Å². The number of benzene rings is 2. The summed E-state index contributed by atoms with van der Waals surface area (Å²) >= 11 is 0. The highest BCUT2D eigenvalue weighted by molar-refractivity contribution is 5.92. The number of hydrogen-bond acceptors (Lipinski definition) is 2. The third-order valence-corrected chi connectivity index (χ3v) is 4.47. The minimum absolute atomic E-state index is 0.458. The third-order valence-electron chi connectivity index (χ3n) is 4.47. The van der Waals surface area contributed by atoms with Crippen LogP contribution in [0.3, 0.4) is 0 Å². The van der Waals surface area contributed by atoms with Crippen LogP contribution in [0.15, 0.2) is 41.4 Å². The number of anilines is 1. The van der Waals surface area contributed by atoms with E-state index >= 15 is 0 Å². The number of hydrogen-bond donors (Lipinski definition) is 2. The monoisotopic (exact) mass is 323 g/mol. The highest BCUT2D eigenvalue weighted by Gasteiger charge is 2.10. The summed E-state index contributed by atoms with van der Waals surface area (Å²) in [6.45, 7) is 2.71. The van der Waals surface area contributed by atoms with E-state index in [4.69, 9.17) is 10.5 Å². The van der Waals surface area contributed by atoms with Crippen LogP contribution in [0.2, 0.25) is 0 Å². The lowest BCUT2D eigenvalue weighted by Crippen LogP contribution is -2.23. The summed E-state index contributed by atoms with van der Waals surface area (Å²) in [5, 5.41) is 3.19. The number of ether oxygens (including phenoxy) is 1. The lowest BCUT2D eigenvalue weighted by atomic mass is 10.1. The van der Waals surface area contributed by atoms with Crippen molar-refractivity contribution in [3.63, 3.8) is 0 Å². The van der Waals surface area contributed by atoms with E-state index < -0.39 is 0 Å². The molecule has 0 aromatic heterocycles. The zero-order valence-electron chi connectivity index (χ0n) is 14.4. The zero-order chi connectivity index (χ0) is 16.9. The number of rotatable bonds is 5. The summed E-state index contributed by atoms with van der Waals surface area (Å²) in [5.41, 5.74) is 12.3. The summed E-state index contributed by atoms with van der Waals surface area (Å²) < 4.78 is 5.40. The van der Waals surface area contributed by atoms with E-state index in [2.05, 4.69) is 47.6 Å². The van der Waals surface area contributed by atoms with E-state index in [1.165, 1.54) is 29.5 Å². The lowest BCUT2D eigenvalue weighted by Gasteiger charge is -2.10. The van der Waals surface area contributed by atoms with Gasteiger partial charge in [-0.1, -0.05) is 23.8 Å². The van der Waals surface area contributed by atoms with Crippen molar-refractivity contribution in [2.24, 2.45) is 10.7 Å². The van der Waals surface area contributed by atoms with Crippen LogP contribution in [0.1, 0.15) is 28.7 Å². The Hall–Kier alpha value is -2.49. The first-order valence-electron chi connectivity index (χ1n) is 8.48. The van der Waals surface area contributed by atoms with Gasteiger partial charge in [-0.15, -0.1) is 0 Å². The van der Waals surface area contributed by atoms with Crippen molar-refractivity contribution in [1.82, 2.24) is 0 Å². The molecular weight excluding hydrogens is 298 g/mol. The van der Waals surface area contributed by atoms with Gasteiger partial charge in [-0.05, 0) is 67.5 Å². The number of aryl methyl sites for hydroxylation is 3. The molecule has 4 heteroatoms. The van der Waals surface area contributed by atoms with E-state index in [9.17, 15) is 0 Å². The smallest absolute Gasteiger partial charge is 0.193 e. The van der Waals surface area contributed by atoms with E-state index in [-0.39, 0.29) is 0 Å². The van der Waals surface area contributed by atoms with Gasteiger partial charge in [0, 0.05) is 12.2 Å². The highest BCUT2D eigenvalue weighted by Crippen LogP contribution is 2.24. The molecule has 3 rings (SSSR count). The Bertz CT molecular complexity index is 753. The summed E-state index contributed by atoms with van der Waals surface area (Å²) in [6, 6.07) is 12.6. The van der Waals surface area contributed by atoms with Gasteiger partial charge in [0.05, 0.1) is 7.11 Å². The maximum Gasteiger partial charge on any atom is 0.193 e. The first kappa shape index (κ1) is 16.4. The molecule has 0 unspecified atom stereocenters. The molecule has 24 heavy (non-hydrogen) atoms. The van der Waals surface area contributed by atoms with Gasteiger partial charge in [-0.3, -0.25) is 4.99 Å². The number of nitrogens with one attached hydrogen (secondary N) is 1. The Kier molecular flexibility index (Phi) is 5.04. The van der Waals surface area contributed by atoms with Gasteiger partial charge >= 0.3 is 0 Å². The molecule has 0 radical (unpaired) electrons. The van der Waals surface area contributed by atoms with Crippen molar-refractivity contribution in [2.45, 2.75) is 32.6 Å². The Morgan fingerprint density at radius 2 is 2.00 bits per heavy atom. The molecule has 0 bridgehead atoms. The molecule has 1 aliphatic rings. The van der Waals surface area contributed by atoms with Crippen molar-refractivity contribution >= 4 is 11.6 Å². The Morgan fingerprint density at radius 1 is 1.17 bits per heavy atom. The van der Waals surface area contributed by atoms with Crippen LogP contribution < -0.4 is 15.8 Å². The molecule has 3 N–H and O–H groups in total. The summed E-state index contributed by atoms with van der Waals surface area (Å²) in [7, 11) is 1.70. The van der Waals surface area contributed by atoms with Gasteiger partial charge in [0.15, 0.2) is 5.96 Å². The number of nitrogens with zero attached hydrogens (tertiary/aromatic N) is 1. The van der Waals surface area contributed by atoms with Gasteiger partial charge in [0.1, 0.15) is 5.75 Å². The highest BCUT2D eigenvalue weighted by atomic mass is 16.5. The first-order valence-corrected chi connectivity index (χ1v) is 8.48. The van der Waals surface area contributed by atoms with Crippen molar-refractivity contribution in [3.8, 4) is 5.75 Å². The van der Waals surface area contributed by atoms with E-state index in [0.717, 1.165) is 29.8 Å². The van der Waals surface area contributed by atoms with Gasteiger partial charge < -0.3 is 15.8 Å². The number of fused-ring (bicyclic) bond motifs is 1. The number of aliphatic imine (C=N–C) groups is 1. The number of methoxy groups -OCH3 is 1. The predicted molar refractivity (Wildman–Crippen MR) is 100 cm³/mol. The molecule has 2 aromatic carbocycles. The molecule has 126 valence electrons. The average molecular weight is 323 g/mol. The molecule has 0 atom stereocenters. The summed E-state index contributed by atoms with van der Waals surface area (Å²) in [4.78, 5) is 4.44. The Labute approximate surface area is 143 Å². The predicted octanol–water partition coefficient (Wildman–Crippen LogP) is 3.46. The van der Waals surface area contributed by atoms with Crippen LogP contribution >= 0.6 is 0 Å². The average Bonchev–Trinajstić information content (AvgIpc) is 3.03. The standard InChI is InChI=1S/C20H25N3O/c1-14-6-9-19(24-2)17(12-14)10-11-22-20(21)23-18-8-7-15-4-3-5-16(15)13-18/h6-9,12-13H,3-5,10-11H2,1-2H3,(H3,21,22,23). The largest absolute Gasteiger partial charge is 0.496 e. The molecule has 0 saturated carbocycles. The van der Waals surface area contributed by atoms with Gasteiger partial charge in [-0.2, -0.15) is 0 Å². The molecule has 4 nitrogen and oxygen atoms in total. The van der Waals surface area contributed by atoms with Crippen molar-refractivity contribution in [3.05, 3.63) is 58.7 Å². The third kappa shape index (κ3) is 3.88. The van der Waals surface area contributed by atoms with Crippen molar-refractivity contribution in [2.75, 3.05) is 19.0 Å². The summed E-state index contributed by atoms with van der Waals surface area (Å²) in [5.74, 6) is 1.36. The lowest BCUT2D eigenvalue weighted by molar-refractivity contribution is 0.409. The second-order valence-electron chi connectivity index (χ2n) is 6.29. The molecule has 2 aromatic rings. The van der Waals surface area contributed by atoms with Crippen LogP contribution in [-0.4, -0.2) is 19.6 Å². The summed E-state index contributed by atoms with van der Waals surface area (Å²) in [6.07, 6.45) is 4.41. The molecule has 0 fully saturated rings. The Balaban J connectivity index is 1.60. The van der Waals surface area contributed by atoms with Crippen molar-refractivity contribution in [1.29, 1.82) is 0 Å². The molecular formula is C20H25N3O. The SMILES string of the molecule is COc1ccc(C)cc1CCN=C(N)Nc1ccc2c(c1)CCC2. The number of nitrogens with two attached hydrogens (primary N) is 1. The van der Waals surface area contributed by atoms with Crippen LogP contribution in [0.4, 0.5) is 5.69 Å². The quantitative estimate of drug-likeness (QED) is 0.654. The van der Waals surface area contributed by atoms with Gasteiger partial charge in [-0.25, -0.2) is 0 Å². The van der Waals surface area contributed by atoms with Gasteiger partial charge in [0.2, 0.25) is 0 Å². The fourth-order valence-corrected chi connectivity index (χ4v) is 3.24. The molecule has 0 spiro atoms. The zero-order valence-corrected chi connectivity index (χ0v) is 14.4. The molecule has 0 aliphatic heterocycles. The molecule has 0 heterocycles. The Morgan fingerprint density at radius 3 is 2.83 bits per heavy atom. The maximum absolute atomic E-state index is 6.02. The van der Waals surface area contributed by atoms with Crippen LogP contribution in [0.5, 0.6) is 5.75 Å². The van der Waals surface area contributed by atoms with E-state index in [0.29, 0.717) is 12.5 Å². The fraction of sp³-hybridized carbons (Fsp3) is 0.350. The second kappa shape index (κ2) is 7.39. The fourth-order valence-electron chi connectivity index (χ4n) is 3.24. The minimum atomic E-state index is 0.458. The first-order chi connectivity index (χ1) is 11.7. The van der Waals surface area contributed by atoms with Gasteiger partial charge in [0.25, 0.3) is 0 Å². The minimum Gasteiger partial charge on any atom is -0.496 e. The molecule has 1 aliphatic carbocycles. The second-order valence-corrected chi connectivity index (χ2v) is 6.29. The number of guanidine groups is 1. The van der Waals surface area contributed by atoms with Crippen LogP contribution in [0, 0.1) is 6.92 Å².